The monoisotopic (exact) mass is 215 g/mol. The van der Waals surface area contributed by atoms with Gasteiger partial charge in [-0.2, -0.15) is 0 Å². The highest BCUT2D eigenvalue weighted by molar-refractivity contribution is 5.14. The molecule has 0 saturated heterocycles. The third-order valence-electron chi connectivity index (χ3n) is 2.65. The molecule has 1 rings (SSSR count). The molecule has 0 aliphatic heterocycles. The molecule has 0 heterocycles. The van der Waals surface area contributed by atoms with E-state index >= 15 is 0 Å². The summed E-state index contributed by atoms with van der Waals surface area (Å²) in [5.41, 5.74) is 1.43. The van der Waals surface area contributed by atoms with Crippen LogP contribution in [-0.4, -0.2) is 13.1 Å². The van der Waals surface area contributed by atoms with Gasteiger partial charge in [-0.05, 0) is 37.8 Å². The molecule has 1 nitrogen and oxygen atoms in total. The molecule has 0 amide bonds. The zero-order valence-corrected chi connectivity index (χ0v) is 10.3. The predicted octanol–water partition coefficient (Wildman–Crippen LogP) is 2.87. The molecule has 1 aromatic rings. The molecular formula is C15H21N. The summed E-state index contributed by atoms with van der Waals surface area (Å²) in [7, 11) is 0. The van der Waals surface area contributed by atoms with Crippen molar-refractivity contribution in [3.05, 3.63) is 35.9 Å². The average Bonchev–Trinajstić information content (AvgIpc) is 2.33. The van der Waals surface area contributed by atoms with Crippen LogP contribution in [0.15, 0.2) is 30.3 Å². The Balaban J connectivity index is 2.14. The second-order valence-electron chi connectivity index (χ2n) is 4.19. The third kappa shape index (κ3) is 5.58. The molecule has 0 aromatic heterocycles. The normalized spacial score (nSPS) is 11.6. The minimum Gasteiger partial charge on any atom is -0.306 e. The number of aryl methyl sites for hydroxylation is 1. The summed E-state index contributed by atoms with van der Waals surface area (Å²) in [5, 5.41) is 3.35. The molecule has 1 unspecified atom stereocenters. The van der Waals surface area contributed by atoms with Crippen LogP contribution in [-0.2, 0) is 6.42 Å². The van der Waals surface area contributed by atoms with E-state index in [9.17, 15) is 0 Å². The Morgan fingerprint density at radius 3 is 2.69 bits per heavy atom. The lowest BCUT2D eigenvalue weighted by Crippen LogP contribution is -2.21. The quantitative estimate of drug-likeness (QED) is 0.568. The van der Waals surface area contributed by atoms with E-state index in [2.05, 4.69) is 54.4 Å². The lowest BCUT2D eigenvalue weighted by Gasteiger charge is -2.11. The Labute approximate surface area is 99.3 Å². The van der Waals surface area contributed by atoms with Crippen LogP contribution < -0.4 is 5.32 Å². The fourth-order valence-corrected chi connectivity index (χ4v) is 1.63. The van der Waals surface area contributed by atoms with E-state index in [1.165, 1.54) is 18.4 Å². The highest BCUT2D eigenvalue weighted by Crippen LogP contribution is 2.08. The van der Waals surface area contributed by atoms with E-state index in [-0.39, 0.29) is 0 Å². The number of hydrogen-bond donors (Lipinski definition) is 1. The highest BCUT2D eigenvalue weighted by atomic mass is 14.8. The fraction of sp³-hybridized carbons (Fsp3) is 0.467. The Morgan fingerprint density at radius 1 is 1.25 bits per heavy atom. The second kappa shape index (κ2) is 7.96. The minimum absolute atomic E-state index is 0.707. The van der Waals surface area contributed by atoms with Crippen molar-refractivity contribution in [1.29, 1.82) is 0 Å². The summed E-state index contributed by atoms with van der Waals surface area (Å²) in [5.74, 6) is 6.61. The standard InChI is InChI=1S/C15H21N/c1-3-4-12-16-13-14(2)10-11-15-8-6-5-7-9-15/h5-9,14,16H,10-13H2,1-2H3. The maximum Gasteiger partial charge on any atom is 0.0576 e. The summed E-state index contributed by atoms with van der Waals surface area (Å²) in [6.07, 6.45) is 2.40. The molecule has 0 radical (unpaired) electrons. The Morgan fingerprint density at radius 2 is 2.00 bits per heavy atom. The number of rotatable bonds is 6. The summed E-state index contributed by atoms with van der Waals surface area (Å²) in [4.78, 5) is 0. The first-order chi connectivity index (χ1) is 7.83. The van der Waals surface area contributed by atoms with Gasteiger partial charge in [0.15, 0.2) is 0 Å². The maximum atomic E-state index is 3.35. The van der Waals surface area contributed by atoms with Crippen LogP contribution in [0.3, 0.4) is 0 Å². The van der Waals surface area contributed by atoms with Crippen molar-refractivity contribution in [2.24, 2.45) is 5.92 Å². The van der Waals surface area contributed by atoms with Crippen LogP contribution in [0.4, 0.5) is 0 Å². The maximum absolute atomic E-state index is 3.35. The van der Waals surface area contributed by atoms with Crippen molar-refractivity contribution in [3.63, 3.8) is 0 Å². The Kier molecular flexibility index (Phi) is 6.37. The van der Waals surface area contributed by atoms with E-state index in [1.54, 1.807) is 0 Å². The first-order valence-electron chi connectivity index (χ1n) is 5.97. The van der Waals surface area contributed by atoms with Crippen molar-refractivity contribution < 1.29 is 0 Å². The van der Waals surface area contributed by atoms with Gasteiger partial charge in [-0.1, -0.05) is 43.2 Å². The van der Waals surface area contributed by atoms with E-state index < -0.39 is 0 Å². The molecule has 1 heteroatoms. The molecule has 16 heavy (non-hydrogen) atoms. The highest BCUT2D eigenvalue weighted by Gasteiger charge is 2.01. The molecule has 86 valence electrons. The lowest BCUT2D eigenvalue weighted by molar-refractivity contribution is 0.496. The van der Waals surface area contributed by atoms with Gasteiger partial charge in [0.25, 0.3) is 0 Å². The van der Waals surface area contributed by atoms with Gasteiger partial charge in [0.2, 0.25) is 0 Å². The van der Waals surface area contributed by atoms with Crippen molar-refractivity contribution in [3.8, 4) is 11.8 Å². The molecule has 0 aliphatic rings. The summed E-state index contributed by atoms with van der Waals surface area (Å²) >= 11 is 0. The zero-order chi connectivity index (χ0) is 11.6. The van der Waals surface area contributed by atoms with Gasteiger partial charge in [-0.15, -0.1) is 5.92 Å². The Hall–Kier alpha value is -1.26. The van der Waals surface area contributed by atoms with Crippen molar-refractivity contribution >= 4 is 0 Å². The smallest absolute Gasteiger partial charge is 0.0576 e. The summed E-state index contributed by atoms with van der Waals surface area (Å²) in [6.45, 7) is 6.03. The predicted molar refractivity (Wildman–Crippen MR) is 70.2 cm³/mol. The first-order valence-corrected chi connectivity index (χ1v) is 5.97. The number of benzene rings is 1. The van der Waals surface area contributed by atoms with E-state index in [4.69, 9.17) is 0 Å². The Bertz CT molecular complexity index is 331. The molecule has 0 bridgehead atoms. The number of nitrogens with one attached hydrogen (secondary N) is 1. The summed E-state index contributed by atoms with van der Waals surface area (Å²) in [6, 6.07) is 10.7. The van der Waals surface area contributed by atoms with Gasteiger partial charge < -0.3 is 5.32 Å². The molecular weight excluding hydrogens is 194 g/mol. The lowest BCUT2D eigenvalue weighted by atomic mass is 10.0. The largest absolute Gasteiger partial charge is 0.306 e. The molecule has 0 spiro atoms. The van der Waals surface area contributed by atoms with E-state index in [1.807, 2.05) is 6.92 Å². The van der Waals surface area contributed by atoms with Crippen LogP contribution >= 0.6 is 0 Å². The molecule has 1 atom stereocenters. The van der Waals surface area contributed by atoms with Crippen LogP contribution in [0.5, 0.6) is 0 Å². The SMILES string of the molecule is CC#CCNCC(C)CCc1ccccc1. The van der Waals surface area contributed by atoms with Crippen LogP contribution in [0, 0.1) is 17.8 Å². The van der Waals surface area contributed by atoms with Crippen LogP contribution in [0.25, 0.3) is 0 Å². The number of hydrogen-bond acceptors (Lipinski definition) is 1. The van der Waals surface area contributed by atoms with Gasteiger partial charge in [0.1, 0.15) is 0 Å². The van der Waals surface area contributed by atoms with E-state index in [0.29, 0.717) is 5.92 Å². The van der Waals surface area contributed by atoms with Gasteiger partial charge in [0.05, 0.1) is 6.54 Å². The molecule has 1 aromatic carbocycles. The van der Waals surface area contributed by atoms with Gasteiger partial charge in [-0.3, -0.25) is 0 Å². The van der Waals surface area contributed by atoms with Gasteiger partial charge in [0, 0.05) is 0 Å². The van der Waals surface area contributed by atoms with Gasteiger partial charge >= 0.3 is 0 Å². The molecule has 0 saturated carbocycles. The first kappa shape index (κ1) is 12.8. The second-order valence-corrected chi connectivity index (χ2v) is 4.19. The van der Waals surface area contributed by atoms with Crippen molar-refractivity contribution in [2.45, 2.75) is 26.7 Å². The summed E-state index contributed by atoms with van der Waals surface area (Å²) < 4.78 is 0. The topological polar surface area (TPSA) is 12.0 Å². The van der Waals surface area contributed by atoms with Crippen molar-refractivity contribution in [1.82, 2.24) is 5.32 Å². The molecule has 0 aliphatic carbocycles. The molecule has 0 fully saturated rings. The zero-order valence-electron chi connectivity index (χ0n) is 10.3. The minimum atomic E-state index is 0.707. The van der Waals surface area contributed by atoms with Crippen LogP contribution in [0.1, 0.15) is 25.8 Å². The van der Waals surface area contributed by atoms with Crippen molar-refractivity contribution in [2.75, 3.05) is 13.1 Å². The van der Waals surface area contributed by atoms with Gasteiger partial charge in [-0.25, -0.2) is 0 Å². The van der Waals surface area contributed by atoms with E-state index in [0.717, 1.165) is 13.1 Å². The molecule has 1 N–H and O–H groups in total. The fourth-order valence-electron chi connectivity index (χ4n) is 1.63. The third-order valence-corrected chi connectivity index (χ3v) is 2.65. The van der Waals surface area contributed by atoms with Crippen LogP contribution in [0.2, 0.25) is 0 Å². The average molecular weight is 215 g/mol.